The lowest BCUT2D eigenvalue weighted by Crippen LogP contribution is -2.22. The van der Waals surface area contributed by atoms with E-state index in [4.69, 9.17) is 14.4 Å². The smallest absolute Gasteiger partial charge is 0.356 e. The lowest BCUT2D eigenvalue weighted by molar-refractivity contribution is 0.0689. The summed E-state index contributed by atoms with van der Waals surface area (Å²) >= 11 is 0. The highest BCUT2D eigenvalue weighted by Crippen LogP contribution is 2.13. The molecule has 2 aromatic heterocycles. The van der Waals surface area contributed by atoms with E-state index < -0.39 is 11.9 Å². The number of nitrogens with zero attached hydrogens (tertiary/aromatic N) is 3. The predicted molar refractivity (Wildman–Crippen MR) is 84.7 cm³/mol. The van der Waals surface area contributed by atoms with Gasteiger partial charge >= 0.3 is 5.97 Å². The van der Waals surface area contributed by atoms with Crippen molar-refractivity contribution in [2.24, 2.45) is 0 Å². The average molecular weight is 342 g/mol. The summed E-state index contributed by atoms with van der Waals surface area (Å²) in [6.07, 6.45) is 1.56. The Kier molecular flexibility index (Phi) is 4.46. The molecule has 2 heterocycles. The van der Waals surface area contributed by atoms with Crippen molar-refractivity contribution in [3.8, 4) is 11.6 Å². The molecule has 0 fully saturated rings. The summed E-state index contributed by atoms with van der Waals surface area (Å²) in [6, 6.07) is 9.99. The number of methoxy groups -OCH3 is 1. The molecule has 1 amide bonds. The Bertz CT molecular complexity index is 915. The van der Waals surface area contributed by atoms with Crippen molar-refractivity contribution in [1.29, 1.82) is 0 Å². The van der Waals surface area contributed by atoms with E-state index in [1.54, 1.807) is 24.4 Å². The minimum Gasteiger partial charge on any atom is -0.479 e. The molecule has 0 unspecified atom stereocenters. The third-order valence-electron chi connectivity index (χ3n) is 3.36. The zero-order valence-electron chi connectivity index (χ0n) is 13.2. The normalized spacial score (nSPS) is 10.4. The van der Waals surface area contributed by atoms with Crippen molar-refractivity contribution in [2.75, 3.05) is 7.11 Å². The quantitative estimate of drug-likeness (QED) is 0.696. The number of carboxylic acid groups (broad SMARTS) is 1. The van der Waals surface area contributed by atoms with E-state index in [1.807, 2.05) is 6.07 Å². The van der Waals surface area contributed by atoms with E-state index in [-0.39, 0.29) is 23.9 Å². The summed E-state index contributed by atoms with van der Waals surface area (Å²) in [5.41, 5.74) is 1.45. The average Bonchev–Trinajstić information content (AvgIpc) is 3.29. The number of benzene rings is 1. The van der Waals surface area contributed by atoms with Gasteiger partial charge in [0.2, 0.25) is 5.76 Å². The molecule has 3 rings (SSSR count). The van der Waals surface area contributed by atoms with Crippen LogP contribution in [0.15, 0.2) is 47.1 Å². The van der Waals surface area contributed by atoms with Gasteiger partial charge in [-0.15, -0.1) is 0 Å². The molecular formula is C16H14N4O5. The Morgan fingerprint density at radius 2 is 2.16 bits per heavy atom. The first-order valence-corrected chi connectivity index (χ1v) is 7.24. The molecule has 0 saturated carbocycles. The standard InChI is InChI=1S/C16H14N4O5/c1-24-14-8-13(25-19-14)15(21)17-9-10-3-2-4-11(7-10)20-6-5-12(18-20)16(22)23/h2-8H,9H2,1H3,(H,17,21)(H,22,23). The molecule has 0 aliphatic heterocycles. The molecule has 0 radical (unpaired) electrons. The zero-order valence-corrected chi connectivity index (χ0v) is 13.2. The number of hydrogen-bond acceptors (Lipinski definition) is 6. The lowest BCUT2D eigenvalue weighted by Gasteiger charge is -2.06. The fourth-order valence-corrected chi connectivity index (χ4v) is 2.12. The molecule has 0 bridgehead atoms. The van der Waals surface area contributed by atoms with Crippen molar-refractivity contribution in [1.82, 2.24) is 20.3 Å². The van der Waals surface area contributed by atoms with Gasteiger partial charge in [-0.25, -0.2) is 9.48 Å². The number of aromatic carboxylic acids is 1. The minimum atomic E-state index is -1.09. The largest absolute Gasteiger partial charge is 0.479 e. The first-order chi connectivity index (χ1) is 12.1. The van der Waals surface area contributed by atoms with Crippen LogP contribution in [0.5, 0.6) is 5.88 Å². The SMILES string of the molecule is COc1cc(C(=O)NCc2cccc(-n3ccc(C(=O)O)n3)c2)on1. The predicted octanol–water partition coefficient (Wildman–Crippen LogP) is 1.50. The molecule has 9 nitrogen and oxygen atoms in total. The Hall–Kier alpha value is -3.62. The maximum atomic E-state index is 12.0. The van der Waals surface area contributed by atoms with Crippen LogP contribution >= 0.6 is 0 Å². The summed E-state index contributed by atoms with van der Waals surface area (Å²) in [5, 5.41) is 19.2. The third-order valence-corrected chi connectivity index (χ3v) is 3.36. The Labute approximate surface area is 141 Å². The number of rotatable bonds is 6. The van der Waals surface area contributed by atoms with Gasteiger partial charge < -0.3 is 19.7 Å². The molecule has 25 heavy (non-hydrogen) atoms. The summed E-state index contributed by atoms with van der Waals surface area (Å²) < 4.78 is 11.2. The monoisotopic (exact) mass is 342 g/mol. The van der Waals surface area contributed by atoms with Crippen LogP contribution in [-0.4, -0.2) is 39.0 Å². The highest BCUT2D eigenvalue weighted by molar-refractivity contribution is 5.91. The van der Waals surface area contributed by atoms with Crippen molar-refractivity contribution >= 4 is 11.9 Å². The number of ether oxygens (including phenoxy) is 1. The van der Waals surface area contributed by atoms with Gasteiger partial charge in [-0.05, 0) is 28.9 Å². The van der Waals surface area contributed by atoms with E-state index in [2.05, 4.69) is 15.6 Å². The van der Waals surface area contributed by atoms with Crippen LogP contribution in [0.4, 0.5) is 0 Å². The summed E-state index contributed by atoms with van der Waals surface area (Å²) in [7, 11) is 1.43. The molecule has 128 valence electrons. The van der Waals surface area contributed by atoms with Crippen LogP contribution < -0.4 is 10.1 Å². The molecule has 1 aromatic carbocycles. The van der Waals surface area contributed by atoms with Gasteiger partial charge in [0.15, 0.2) is 5.69 Å². The van der Waals surface area contributed by atoms with Crippen molar-refractivity contribution in [3.05, 3.63) is 59.6 Å². The van der Waals surface area contributed by atoms with Gasteiger partial charge in [-0.2, -0.15) is 5.10 Å². The van der Waals surface area contributed by atoms with Crippen molar-refractivity contribution in [3.63, 3.8) is 0 Å². The van der Waals surface area contributed by atoms with Crippen LogP contribution in [0.2, 0.25) is 0 Å². The molecule has 0 saturated heterocycles. The highest BCUT2D eigenvalue weighted by Gasteiger charge is 2.13. The maximum absolute atomic E-state index is 12.0. The molecule has 9 heteroatoms. The van der Waals surface area contributed by atoms with E-state index >= 15 is 0 Å². The second-order valence-corrected chi connectivity index (χ2v) is 5.04. The number of amides is 1. The van der Waals surface area contributed by atoms with Gasteiger partial charge in [0, 0.05) is 12.7 Å². The number of nitrogens with one attached hydrogen (secondary N) is 1. The second-order valence-electron chi connectivity index (χ2n) is 5.04. The topological polar surface area (TPSA) is 119 Å². The minimum absolute atomic E-state index is 0.0435. The van der Waals surface area contributed by atoms with Crippen LogP contribution in [0.1, 0.15) is 26.6 Å². The lowest BCUT2D eigenvalue weighted by atomic mass is 10.2. The first kappa shape index (κ1) is 16.2. The van der Waals surface area contributed by atoms with Gasteiger partial charge in [0.05, 0.1) is 18.9 Å². The molecule has 3 aromatic rings. The zero-order chi connectivity index (χ0) is 17.8. The number of carbonyl (C=O) groups excluding carboxylic acids is 1. The van der Waals surface area contributed by atoms with Crippen molar-refractivity contribution in [2.45, 2.75) is 6.54 Å². The molecule has 0 spiro atoms. The molecule has 2 N–H and O–H groups in total. The Morgan fingerprint density at radius 3 is 2.84 bits per heavy atom. The molecule has 0 aliphatic carbocycles. The van der Waals surface area contributed by atoms with E-state index in [1.165, 1.54) is 23.9 Å². The van der Waals surface area contributed by atoms with Crippen LogP contribution in [0.3, 0.4) is 0 Å². The fraction of sp³-hybridized carbons (Fsp3) is 0.125. The second kappa shape index (κ2) is 6.87. The summed E-state index contributed by atoms with van der Waals surface area (Å²) in [5.74, 6) is -1.25. The Morgan fingerprint density at radius 1 is 1.32 bits per heavy atom. The van der Waals surface area contributed by atoms with Crippen molar-refractivity contribution < 1.29 is 24.0 Å². The van der Waals surface area contributed by atoms with Crippen LogP contribution in [0.25, 0.3) is 5.69 Å². The molecule has 0 atom stereocenters. The third kappa shape index (κ3) is 3.66. The van der Waals surface area contributed by atoms with Crippen LogP contribution in [-0.2, 0) is 6.54 Å². The van der Waals surface area contributed by atoms with E-state index in [9.17, 15) is 9.59 Å². The molecule has 0 aliphatic rings. The number of carbonyl (C=O) groups is 2. The van der Waals surface area contributed by atoms with Gasteiger partial charge in [0.1, 0.15) is 0 Å². The highest BCUT2D eigenvalue weighted by atomic mass is 16.5. The summed E-state index contributed by atoms with van der Waals surface area (Å²) in [6.45, 7) is 0.253. The first-order valence-electron chi connectivity index (χ1n) is 7.24. The van der Waals surface area contributed by atoms with Gasteiger partial charge in [-0.1, -0.05) is 12.1 Å². The van der Waals surface area contributed by atoms with Gasteiger partial charge in [0.25, 0.3) is 11.8 Å². The Balaban J connectivity index is 1.69. The van der Waals surface area contributed by atoms with E-state index in [0.29, 0.717) is 5.69 Å². The maximum Gasteiger partial charge on any atom is 0.356 e. The number of carboxylic acids is 1. The number of aromatic nitrogens is 3. The van der Waals surface area contributed by atoms with E-state index in [0.717, 1.165) is 5.56 Å². The summed E-state index contributed by atoms with van der Waals surface area (Å²) in [4.78, 5) is 22.9. The fourth-order valence-electron chi connectivity index (χ4n) is 2.12. The molecular weight excluding hydrogens is 328 g/mol. The number of hydrogen-bond donors (Lipinski definition) is 2. The van der Waals surface area contributed by atoms with Gasteiger partial charge in [-0.3, -0.25) is 4.79 Å². The van der Waals surface area contributed by atoms with Crippen LogP contribution in [0, 0.1) is 0 Å².